The highest BCUT2D eigenvalue weighted by atomic mass is 127. The number of carbonyl (C=O) groups excluding carboxylic acids is 1. The molecule has 0 fully saturated rings. The Morgan fingerprint density at radius 2 is 2.27 bits per heavy atom. The standard InChI is InChI=1S/C14H16ClIN4O2/c1-3-20-8-18-19-13(20)4-5-17-14(21)9-6-10(15)11(16)7-12(9)22-2/h6-8H,3-5H2,1-2H3,(H,17,21). The Bertz CT molecular complexity index is 675. The molecule has 2 rings (SSSR count). The summed E-state index contributed by atoms with van der Waals surface area (Å²) < 4.78 is 8.02. The lowest BCUT2D eigenvalue weighted by Crippen LogP contribution is -2.27. The summed E-state index contributed by atoms with van der Waals surface area (Å²) >= 11 is 8.17. The number of aromatic nitrogens is 3. The molecule has 0 bridgehead atoms. The van der Waals surface area contributed by atoms with Gasteiger partial charge in [0.05, 0.1) is 17.7 Å². The van der Waals surface area contributed by atoms with Crippen molar-refractivity contribution in [1.29, 1.82) is 0 Å². The van der Waals surface area contributed by atoms with Gasteiger partial charge in [-0.05, 0) is 41.6 Å². The van der Waals surface area contributed by atoms with Crippen LogP contribution in [0.3, 0.4) is 0 Å². The summed E-state index contributed by atoms with van der Waals surface area (Å²) in [7, 11) is 1.53. The van der Waals surface area contributed by atoms with Crippen LogP contribution in [0.25, 0.3) is 0 Å². The number of hydrogen-bond donors (Lipinski definition) is 1. The van der Waals surface area contributed by atoms with Gasteiger partial charge in [0.25, 0.3) is 5.91 Å². The summed E-state index contributed by atoms with van der Waals surface area (Å²) in [6, 6.07) is 3.36. The smallest absolute Gasteiger partial charge is 0.255 e. The number of amides is 1. The van der Waals surface area contributed by atoms with Crippen LogP contribution in [0.5, 0.6) is 5.75 Å². The lowest BCUT2D eigenvalue weighted by Gasteiger charge is -2.11. The third kappa shape index (κ3) is 3.89. The van der Waals surface area contributed by atoms with Gasteiger partial charge in [0.2, 0.25) is 0 Å². The molecule has 0 aliphatic rings. The number of carbonyl (C=O) groups is 1. The van der Waals surface area contributed by atoms with Gasteiger partial charge in [-0.25, -0.2) is 0 Å². The third-order valence-corrected chi connectivity index (χ3v) is 4.68. The Hall–Kier alpha value is -1.35. The summed E-state index contributed by atoms with van der Waals surface area (Å²) in [5, 5.41) is 11.3. The van der Waals surface area contributed by atoms with Gasteiger partial charge in [0.1, 0.15) is 17.9 Å². The number of halogens is 2. The maximum atomic E-state index is 12.3. The first kappa shape index (κ1) is 17.0. The average molecular weight is 435 g/mol. The van der Waals surface area contributed by atoms with Crippen molar-refractivity contribution in [2.75, 3.05) is 13.7 Å². The molecule has 1 heterocycles. The molecule has 6 nitrogen and oxygen atoms in total. The fraction of sp³-hybridized carbons (Fsp3) is 0.357. The molecule has 22 heavy (non-hydrogen) atoms. The average Bonchev–Trinajstić information content (AvgIpc) is 2.96. The first-order valence-electron chi connectivity index (χ1n) is 6.74. The van der Waals surface area contributed by atoms with Gasteiger partial charge in [0.15, 0.2) is 0 Å². The van der Waals surface area contributed by atoms with E-state index < -0.39 is 0 Å². The number of nitrogens with zero attached hydrogens (tertiary/aromatic N) is 3. The number of nitrogens with one attached hydrogen (secondary N) is 1. The Labute approximate surface area is 147 Å². The van der Waals surface area contributed by atoms with E-state index in [-0.39, 0.29) is 5.91 Å². The number of aryl methyl sites for hydroxylation is 1. The quantitative estimate of drug-likeness (QED) is 0.710. The van der Waals surface area contributed by atoms with Crippen LogP contribution in [-0.2, 0) is 13.0 Å². The summed E-state index contributed by atoms with van der Waals surface area (Å²) in [5.41, 5.74) is 0.421. The summed E-state index contributed by atoms with van der Waals surface area (Å²) in [4.78, 5) is 12.3. The zero-order chi connectivity index (χ0) is 16.1. The lowest BCUT2D eigenvalue weighted by molar-refractivity contribution is 0.0951. The van der Waals surface area contributed by atoms with Crippen LogP contribution in [0.4, 0.5) is 0 Å². The summed E-state index contributed by atoms with van der Waals surface area (Å²) in [6.45, 7) is 3.28. The number of rotatable bonds is 6. The second-order valence-corrected chi connectivity index (χ2v) is 6.08. The minimum absolute atomic E-state index is 0.224. The molecule has 0 radical (unpaired) electrons. The van der Waals surface area contributed by atoms with Gasteiger partial charge in [-0.2, -0.15) is 0 Å². The number of ether oxygens (including phenoxy) is 1. The van der Waals surface area contributed by atoms with E-state index in [4.69, 9.17) is 16.3 Å². The Kier molecular flexibility index (Phi) is 6.01. The van der Waals surface area contributed by atoms with Crippen LogP contribution in [0.1, 0.15) is 23.1 Å². The second-order valence-electron chi connectivity index (χ2n) is 4.51. The molecule has 0 aliphatic heterocycles. The van der Waals surface area contributed by atoms with Crippen molar-refractivity contribution in [3.63, 3.8) is 0 Å². The van der Waals surface area contributed by atoms with E-state index in [1.165, 1.54) is 7.11 Å². The van der Waals surface area contributed by atoms with Crippen LogP contribution in [0.2, 0.25) is 5.02 Å². The molecule has 118 valence electrons. The number of benzene rings is 1. The van der Waals surface area contributed by atoms with E-state index in [9.17, 15) is 4.79 Å². The molecule has 1 aromatic heterocycles. The van der Waals surface area contributed by atoms with Crippen molar-refractivity contribution >= 4 is 40.1 Å². The molecule has 0 spiro atoms. The van der Waals surface area contributed by atoms with Crippen molar-refractivity contribution in [2.45, 2.75) is 19.9 Å². The minimum atomic E-state index is -0.224. The maximum absolute atomic E-state index is 12.3. The molecule has 8 heteroatoms. The van der Waals surface area contributed by atoms with Gasteiger partial charge in [-0.15, -0.1) is 10.2 Å². The summed E-state index contributed by atoms with van der Waals surface area (Å²) in [6.07, 6.45) is 2.29. The molecule has 1 N–H and O–H groups in total. The number of hydrogen-bond acceptors (Lipinski definition) is 4. The normalized spacial score (nSPS) is 10.5. The second kappa shape index (κ2) is 7.77. The van der Waals surface area contributed by atoms with Crippen LogP contribution in [0, 0.1) is 3.57 Å². The van der Waals surface area contributed by atoms with Crippen molar-refractivity contribution in [3.8, 4) is 5.75 Å². The van der Waals surface area contributed by atoms with Gasteiger partial charge in [-0.3, -0.25) is 4.79 Å². The molecular formula is C14H16ClIN4O2. The molecular weight excluding hydrogens is 419 g/mol. The lowest BCUT2D eigenvalue weighted by atomic mass is 10.2. The molecule has 0 aliphatic carbocycles. The Morgan fingerprint density at radius 1 is 1.50 bits per heavy atom. The van der Waals surface area contributed by atoms with Gasteiger partial charge >= 0.3 is 0 Å². The van der Waals surface area contributed by atoms with E-state index in [0.29, 0.717) is 29.3 Å². The van der Waals surface area contributed by atoms with Gasteiger partial charge < -0.3 is 14.6 Å². The first-order chi connectivity index (χ1) is 10.6. The number of methoxy groups -OCH3 is 1. The zero-order valence-corrected chi connectivity index (χ0v) is 15.2. The van der Waals surface area contributed by atoms with Crippen LogP contribution in [-0.4, -0.2) is 34.3 Å². The molecule has 0 saturated carbocycles. The predicted octanol–water partition coefficient (Wildman–Crippen LogP) is 2.54. The molecule has 1 amide bonds. The fourth-order valence-electron chi connectivity index (χ4n) is 1.99. The predicted molar refractivity (Wildman–Crippen MR) is 92.5 cm³/mol. The SMILES string of the molecule is CCn1cnnc1CCNC(=O)c1cc(Cl)c(I)cc1OC. The van der Waals surface area contributed by atoms with Crippen molar-refractivity contribution in [3.05, 3.63) is 38.4 Å². The van der Waals surface area contributed by atoms with Crippen molar-refractivity contribution < 1.29 is 9.53 Å². The largest absolute Gasteiger partial charge is 0.496 e. The molecule has 1 aromatic carbocycles. The highest BCUT2D eigenvalue weighted by Crippen LogP contribution is 2.28. The van der Waals surface area contributed by atoms with E-state index in [1.807, 2.05) is 11.5 Å². The van der Waals surface area contributed by atoms with Gasteiger partial charge in [-0.1, -0.05) is 11.6 Å². The zero-order valence-electron chi connectivity index (χ0n) is 12.3. The van der Waals surface area contributed by atoms with Crippen LogP contribution in [0.15, 0.2) is 18.5 Å². The molecule has 0 atom stereocenters. The van der Waals surface area contributed by atoms with Crippen molar-refractivity contribution in [1.82, 2.24) is 20.1 Å². The highest BCUT2D eigenvalue weighted by Gasteiger charge is 2.15. The Morgan fingerprint density at radius 3 is 2.95 bits per heavy atom. The highest BCUT2D eigenvalue weighted by molar-refractivity contribution is 14.1. The maximum Gasteiger partial charge on any atom is 0.255 e. The first-order valence-corrected chi connectivity index (χ1v) is 8.20. The monoisotopic (exact) mass is 434 g/mol. The van der Waals surface area contributed by atoms with Gasteiger partial charge in [0, 0.05) is 23.1 Å². The summed E-state index contributed by atoms with van der Waals surface area (Å²) in [5.74, 6) is 1.12. The molecule has 0 unspecified atom stereocenters. The van der Waals surface area contributed by atoms with E-state index in [0.717, 1.165) is 15.9 Å². The van der Waals surface area contributed by atoms with E-state index in [1.54, 1.807) is 18.5 Å². The van der Waals surface area contributed by atoms with Crippen molar-refractivity contribution in [2.24, 2.45) is 0 Å². The fourth-order valence-corrected chi connectivity index (χ4v) is 2.60. The van der Waals surface area contributed by atoms with Crippen LogP contribution < -0.4 is 10.1 Å². The molecule has 2 aromatic rings. The molecule has 0 saturated heterocycles. The Balaban J connectivity index is 2.02. The topological polar surface area (TPSA) is 69.0 Å². The third-order valence-electron chi connectivity index (χ3n) is 3.16. The minimum Gasteiger partial charge on any atom is -0.496 e. The van der Waals surface area contributed by atoms with Crippen LogP contribution >= 0.6 is 34.2 Å². The van der Waals surface area contributed by atoms with E-state index in [2.05, 4.69) is 38.1 Å². The van der Waals surface area contributed by atoms with E-state index >= 15 is 0 Å².